The average Bonchev–Trinajstić information content (AvgIpc) is 2.43. The third kappa shape index (κ3) is 7.19. The zero-order valence-electron chi connectivity index (χ0n) is 12.6. The fourth-order valence-corrected chi connectivity index (χ4v) is 2.54. The zero-order valence-corrected chi connectivity index (χ0v) is 13.4. The minimum Gasteiger partial charge on any atom is -0.356 e. The Morgan fingerprint density at radius 3 is 2.71 bits per heavy atom. The molecule has 1 aromatic rings. The number of carbonyl (C=O) groups is 1. The number of rotatable bonds is 9. The van der Waals surface area contributed by atoms with Crippen molar-refractivity contribution < 1.29 is 13.2 Å². The first-order valence-electron chi connectivity index (χ1n) is 7.05. The Hall–Kier alpha value is -1.47. The van der Waals surface area contributed by atoms with Crippen LogP contribution in [-0.2, 0) is 21.4 Å². The van der Waals surface area contributed by atoms with Crippen molar-refractivity contribution in [1.82, 2.24) is 14.6 Å². The van der Waals surface area contributed by atoms with Crippen LogP contribution in [0.4, 0.5) is 0 Å². The minimum absolute atomic E-state index is 0.127. The largest absolute Gasteiger partial charge is 0.356 e. The number of nitrogens with one attached hydrogen (secondary N) is 1. The smallest absolute Gasteiger partial charge is 0.221 e. The van der Waals surface area contributed by atoms with Crippen LogP contribution in [0.25, 0.3) is 0 Å². The van der Waals surface area contributed by atoms with Crippen LogP contribution in [0.1, 0.15) is 31.9 Å². The second kappa shape index (κ2) is 8.74. The number of unbranched alkanes of at least 4 members (excludes halogenated alkanes) is 1. The first-order chi connectivity index (χ1) is 9.93. The lowest BCUT2D eigenvalue weighted by molar-refractivity contribution is -0.121. The van der Waals surface area contributed by atoms with Gasteiger partial charge < -0.3 is 5.32 Å². The molecule has 0 bridgehead atoms. The van der Waals surface area contributed by atoms with Crippen molar-refractivity contribution in [1.29, 1.82) is 0 Å². The van der Waals surface area contributed by atoms with E-state index in [-0.39, 0.29) is 25.4 Å². The highest BCUT2D eigenvalue weighted by molar-refractivity contribution is 7.88. The second-order valence-electron chi connectivity index (χ2n) is 4.87. The van der Waals surface area contributed by atoms with Gasteiger partial charge in [0.1, 0.15) is 0 Å². The summed E-state index contributed by atoms with van der Waals surface area (Å²) in [6, 6.07) is 5.34. The maximum Gasteiger partial charge on any atom is 0.221 e. The maximum atomic E-state index is 11.8. The number of hydrogen-bond donors (Lipinski definition) is 1. The van der Waals surface area contributed by atoms with Crippen molar-refractivity contribution in [3.05, 3.63) is 30.1 Å². The Bertz CT molecular complexity index is 532. The molecular weight excluding hydrogens is 290 g/mol. The highest BCUT2D eigenvalue weighted by Crippen LogP contribution is 2.07. The Labute approximate surface area is 126 Å². The van der Waals surface area contributed by atoms with Crippen molar-refractivity contribution in [3.63, 3.8) is 0 Å². The van der Waals surface area contributed by atoms with E-state index < -0.39 is 10.0 Å². The van der Waals surface area contributed by atoms with E-state index in [0.29, 0.717) is 12.2 Å². The standard InChI is InChI=1S/C14H23N3O3S/c1-3-4-9-16-14(18)8-11-17(21(2,19)20)12-13-7-5-6-10-15-13/h5-7,10H,3-4,8-9,11-12H2,1-2H3,(H,16,18). The van der Waals surface area contributed by atoms with E-state index in [1.54, 1.807) is 24.4 Å². The van der Waals surface area contributed by atoms with Gasteiger partial charge >= 0.3 is 0 Å². The van der Waals surface area contributed by atoms with Gasteiger partial charge in [0, 0.05) is 25.7 Å². The number of hydrogen-bond acceptors (Lipinski definition) is 4. The van der Waals surface area contributed by atoms with E-state index in [2.05, 4.69) is 10.3 Å². The van der Waals surface area contributed by atoms with Crippen molar-refractivity contribution in [3.8, 4) is 0 Å². The van der Waals surface area contributed by atoms with Crippen LogP contribution in [0.15, 0.2) is 24.4 Å². The average molecular weight is 313 g/mol. The third-order valence-electron chi connectivity index (χ3n) is 2.97. The molecule has 1 heterocycles. The predicted octanol–water partition coefficient (Wildman–Crippen LogP) is 1.15. The Morgan fingerprint density at radius 2 is 2.14 bits per heavy atom. The summed E-state index contributed by atoms with van der Waals surface area (Å²) in [5.74, 6) is -0.127. The number of sulfonamides is 1. The Balaban J connectivity index is 2.54. The second-order valence-corrected chi connectivity index (χ2v) is 6.85. The van der Waals surface area contributed by atoms with Crippen molar-refractivity contribution in [2.75, 3.05) is 19.3 Å². The number of pyridine rings is 1. The predicted molar refractivity (Wildman–Crippen MR) is 82.0 cm³/mol. The van der Waals surface area contributed by atoms with Crippen molar-refractivity contribution in [2.24, 2.45) is 0 Å². The van der Waals surface area contributed by atoms with Gasteiger partial charge in [-0.25, -0.2) is 8.42 Å². The summed E-state index contributed by atoms with van der Waals surface area (Å²) in [4.78, 5) is 15.8. The van der Waals surface area contributed by atoms with Gasteiger partial charge in [-0.15, -0.1) is 0 Å². The molecule has 6 nitrogen and oxygen atoms in total. The molecule has 7 heteroatoms. The molecule has 0 fully saturated rings. The maximum absolute atomic E-state index is 11.8. The summed E-state index contributed by atoms with van der Waals surface area (Å²) >= 11 is 0. The fraction of sp³-hybridized carbons (Fsp3) is 0.571. The number of carbonyl (C=O) groups excluding carboxylic acids is 1. The first kappa shape index (κ1) is 17.6. The summed E-state index contributed by atoms with van der Waals surface area (Å²) in [6.07, 6.45) is 4.85. The van der Waals surface area contributed by atoms with E-state index in [4.69, 9.17) is 0 Å². The van der Waals surface area contributed by atoms with Gasteiger partial charge in [0.2, 0.25) is 15.9 Å². The van der Waals surface area contributed by atoms with Crippen LogP contribution in [-0.4, -0.2) is 43.0 Å². The molecule has 0 saturated heterocycles. The highest BCUT2D eigenvalue weighted by Gasteiger charge is 2.18. The van der Waals surface area contributed by atoms with Gasteiger partial charge in [0.25, 0.3) is 0 Å². The van der Waals surface area contributed by atoms with Gasteiger partial charge in [-0.2, -0.15) is 4.31 Å². The zero-order chi connectivity index (χ0) is 15.7. The lowest BCUT2D eigenvalue weighted by Gasteiger charge is -2.19. The number of nitrogens with zero attached hydrogens (tertiary/aromatic N) is 2. The molecule has 0 spiro atoms. The highest BCUT2D eigenvalue weighted by atomic mass is 32.2. The molecule has 118 valence electrons. The summed E-state index contributed by atoms with van der Waals surface area (Å²) in [7, 11) is -3.37. The molecule has 1 amide bonds. The van der Waals surface area contributed by atoms with Crippen LogP contribution >= 0.6 is 0 Å². The summed E-state index contributed by atoms with van der Waals surface area (Å²) in [5, 5.41) is 2.78. The van der Waals surface area contributed by atoms with Gasteiger partial charge in [0.15, 0.2) is 0 Å². The Morgan fingerprint density at radius 1 is 1.38 bits per heavy atom. The molecule has 0 radical (unpaired) electrons. The van der Waals surface area contributed by atoms with Crippen molar-refractivity contribution >= 4 is 15.9 Å². The Kier molecular flexibility index (Phi) is 7.31. The molecule has 1 rings (SSSR count). The molecule has 0 atom stereocenters. The number of amides is 1. The van der Waals surface area contributed by atoms with E-state index >= 15 is 0 Å². The summed E-state index contributed by atoms with van der Waals surface area (Å²) < 4.78 is 24.8. The fourth-order valence-electron chi connectivity index (χ4n) is 1.75. The van der Waals surface area contributed by atoms with Crippen molar-refractivity contribution in [2.45, 2.75) is 32.7 Å². The molecule has 1 N–H and O–H groups in total. The molecule has 0 aliphatic heterocycles. The summed E-state index contributed by atoms with van der Waals surface area (Å²) in [5.41, 5.74) is 0.661. The van der Waals surface area contributed by atoms with E-state index in [9.17, 15) is 13.2 Å². The SMILES string of the molecule is CCCCNC(=O)CCN(Cc1ccccn1)S(C)(=O)=O. The summed E-state index contributed by atoms with van der Waals surface area (Å²) in [6.45, 7) is 3.02. The normalized spacial score (nSPS) is 11.6. The van der Waals surface area contributed by atoms with Gasteiger partial charge in [-0.1, -0.05) is 19.4 Å². The topological polar surface area (TPSA) is 79.4 Å². The molecule has 1 aromatic heterocycles. The van der Waals surface area contributed by atoms with E-state index in [1.807, 2.05) is 6.92 Å². The molecule has 0 saturated carbocycles. The lowest BCUT2D eigenvalue weighted by Crippen LogP contribution is -2.34. The van der Waals surface area contributed by atoms with Crippen LogP contribution in [0, 0.1) is 0 Å². The molecule has 0 unspecified atom stereocenters. The van der Waals surface area contributed by atoms with Gasteiger partial charge in [-0.3, -0.25) is 9.78 Å². The van der Waals surface area contributed by atoms with Crippen LogP contribution in [0.2, 0.25) is 0 Å². The van der Waals surface area contributed by atoms with E-state index in [0.717, 1.165) is 19.1 Å². The lowest BCUT2D eigenvalue weighted by atomic mass is 10.3. The van der Waals surface area contributed by atoms with Crippen LogP contribution in [0.3, 0.4) is 0 Å². The quantitative estimate of drug-likeness (QED) is 0.694. The molecule has 0 aliphatic carbocycles. The van der Waals surface area contributed by atoms with Gasteiger partial charge in [0.05, 0.1) is 18.5 Å². The molecule has 0 aromatic carbocycles. The van der Waals surface area contributed by atoms with E-state index in [1.165, 1.54) is 4.31 Å². The molecule has 0 aliphatic rings. The number of aromatic nitrogens is 1. The first-order valence-corrected chi connectivity index (χ1v) is 8.90. The molecular formula is C14H23N3O3S. The third-order valence-corrected chi connectivity index (χ3v) is 4.22. The minimum atomic E-state index is -3.37. The van der Waals surface area contributed by atoms with Gasteiger partial charge in [-0.05, 0) is 18.6 Å². The molecule has 21 heavy (non-hydrogen) atoms. The monoisotopic (exact) mass is 313 g/mol. The van der Waals surface area contributed by atoms with Crippen LogP contribution < -0.4 is 5.32 Å². The van der Waals surface area contributed by atoms with Crippen LogP contribution in [0.5, 0.6) is 0 Å².